The quantitative estimate of drug-likeness (QED) is 0.914. The zero-order chi connectivity index (χ0) is 13.7. The van der Waals surface area contributed by atoms with Crippen molar-refractivity contribution in [2.45, 2.75) is 0 Å². The molecular formula is C14H14N2O3. The summed E-state index contributed by atoms with van der Waals surface area (Å²) in [6.07, 6.45) is 3.23. The number of hydrogen-bond donors (Lipinski definition) is 1. The van der Waals surface area contributed by atoms with Gasteiger partial charge in [0.15, 0.2) is 0 Å². The highest BCUT2D eigenvalue weighted by atomic mass is 16.5. The van der Waals surface area contributed by atoms with Crippen molar-refractivity contribution in [2.75, 3.05) is 19.5 Å². The topological polar surface area (TPSA) is 60.5 Å². The van der Waals surface area contributed by atoms with Gasteiger partial charge in [0.1, 0.15) is 11.5 Å². The van der Waals surface area contributed by atoms with Crippen molar-refractivity contribution in [3.8, 4) is 11.5 Å². The normalized spacial score (nSPS) is 9.79. The van der Waals surface area contributed by atoms with Gasteiger partial charge in [-0.1, -0.05) is 0 Å². The van der Waals surface area contributed by atoms with Crippen LogP contribution < -0.4 is 14.8 Å². The average molecular weight is 258 g/mol. The minimum Gasteiger partial charge on any atom is -0.497 e. The zero-order valence-corrected chi connectivity index (χ0v) is 10.7. The van der Waals surface area contributed by atoms with Crippen LogP contribution in [0.4, 0.5) is 5.69 Å². The van der Waals surface area contributed by atoms with Crippen molar-refractivity contribution in [1.82, 2.24) is 4.98 Å². The van der Waals surface area contributed by atoms with Crippen LogP contribution in [0.5, 0.6) is 11.5 Å². The number of ether oxygens (including phenoxy) is 2. The molecule has 0 aliphatic heterocycles. The van der Waals surface area contributed by atoms with Crippen LogP contribution in [-0.4, -0.2) is 25.1 Å². The lowest BCUT2D eigenvalue weighted by Gasteiger charge is -2.09. The Balaban J connectivity index is 2.23. The minimum absolute atomic E-state index is 0.233. The summed E-state index contributed by atoms with van der Waals surface area (Å²) in [7, 11) is 3.08. The Morgan fingerprint density at radius 2 is 1.63 bits per heavy atom. The molecular weight excluding hydrogens is 244 g/mol. The number of carbonyl (C=O) groups is 1. The van der Waals surface area contributed by atoms with E-state index in [1.165, 1.54) is 0 Å². The standard InChI is InChI=1S/C14H14N2O3/c1-18-12-7-10(8-13(9-12)19-2)14(17)16-11-3-5-15-6-4-11/h3-9H,1-2H3,(H,15,16,17). The second-order valence-electron chi connectivity index (χ2n) is 3.79. The summed E-state index contributed by atoms with van der Waals surface area (Å²) < 4.78 is 10.3. The van der Waals surface area contributed by atoms with Crippen molar-refractivity contribution in [1.29, 1.82) is 0 Å². The highest BCUT2D eigenvalue weighted by Crippen LogP contribution is 2.23. The number of amides is 1. The zero-order valence-electron chi connectivity index (χ0n) is 10.7. The lowest BCUT2D eigenvalue weighted by atomic mass is 10.2. The Kier molecular flexibility index (Phi) is 3.97. The third-order valence-corrected chi connectivity index (χ3v) is 2.55. The van der Waals surface area contributed by atoms with E-state index in [0.717, 1.165) is 0 Å². The van der Waals surface area contributed by atoms with Gasteiger partial charge in [0.25, 0.3) is 5.91 Å². The van der Waals surface area contributed by atoms with Crippen molar-refractivity contribution in [2.24, 2.45) is 0 Å². The van der Waals surface area contributed by atoms with Gasteiger partial charge in [-0.3, -0.25) is 9.78 Å². The number of nitrogens with one attached hydrogen (secondary N) is 1. The summed E-state index contributed by atoms with van der Waals surface area (Å²) in [6.45, 7) is 0. The van der Waals surface area contributed by atoms with E-state index in [-0.39, 0.29) is 5.91 Å². The molecule has 0 fully saturated rings. The maximum Gasteiger partial charge on any atom is 0.255 e. The Labute approximate surface area is 111 Å². The van der Waals surface area contributed by atoms with E-state index >= 15 is 0 Å². The lowest BCUT2D eigenvalue weighted by molar-refractivity contribution is 0.102. The monoisotopic (exact) mass is 258 g/mol. The van der Waals surface area contributed by atoms with Gasteiger partial charge in [0.2, 0.25) is 0 Å². The molecule has 2 aromatic rings. The van der Waals surface area contributed by atoms with E-state index < -0.39 is 0 Å². The summed E-state index contributed by atoms with van der Waals surface area (Å²) in [4.78, 5) is 16.0. The first-order valence-corrected chi connectivity index (χ1v) is 5.67. The maximum absolute atomic E-state index is 12.1. The Hall–Kier alpha value is -2.56. The predicted octanol–water partition coefficient (Wildman–Crippen LogP) is 2.35. The number of pyridine rings is 1. The number of carbonyl (C=O) groups excluding carboxylic acids is 1. The van der Waals surface area contributed by atoms with Crippen LogP contribution in [0.3, 0.4) is 0 Å². The number of nitrogens with zero attached hydrogens (tertiary/aromatic N) is 1. The molecule has 5 heteroatoms. The lowest BCUT2D eigenvalue weighted by Crippen LogP contribution is -2.12. The Morgan fingerprint density at radius 3 is 2.16 bits per heavy atom. The number of methoxy groups -OCH3 is 2. The summed E-state index contributed by atoms with van der Waals surface area (Å²) >= 11 is 0. The second kappa shape index (κ2) is 5.86. The molecule has 0 saturated heterocycles. The molecule has 0 atom stereocenters. The molecule has 1 heterocycles. The molecule has 19 heavy (non-hydrogen) atoms. The third-order valence-electron chi connectivity index (χ3n) is 2.55. The molecule has 0 unspecified atom stereocenters. The molecule has 1 amide bonds. The molecule has 1 aromatic carbocycles. The van der Waals surface area contributed by atoms with Crippen LogP contribution in [0.1, 0.15) is 10.4 Å². The molecule has 0 saturated carbocycles. The number of anilines is 1. The number of aromatic nitrogens is 1. The molecule has 0 radical (unpaired) electrons. The molecule has 0 aliphatic rings. The van der Waals surface area contributed by atoms with Crippen LogP contribution in [0, 0.1) is 0 Å². The Bertz CT molecular complexity index is 548. The average Bonchev–Trinajstić information content (AvgIpc) is 2.47. The summed E-state index contributed by atoms with van der Waals surface area (Å²) in [5.74, 6) is 0.904. The van der Waals surface area contributed by atoms with E-state index in [1.54, 1.807) is 56.9 Å². The van der Waals surface area contributed by atoms with Crippen LogP contribution in [-0.2, 0) is 0 Å². The smallest absolute Gasteiger partial charge is 0.255 e. The molecule has 2 rings (SSSR count). The van der Waals surface area contributed by atoms with Crippen molar-refractivity contribution < 1.29 is 14.3 Å². The fourth-order valence-electron chi connectivity index (χ4n) is 1.58. The van der Waals surface area contributed by atoms with Crippen molar-refractivity contribution in [3.05, 3.63) is 48.3 Å². The first kappa shape index (κ1) is 12.9. The van der Waals surface area contributed by atoms with Gasteiger partial charge in [0, 0.05) is 29.7 Å². The van der Waals surface area contributed by atoms with E-state index in [0.29, 0.717) is 22.7 Å². The molecule has 5 nitrogen and oxygen atoms in total. The number of benzene rings is 1. The first-order valence-electron chi connectivity index (χ1n) is 5.67. The molecule has 98 valence electrons. The molecule has 0 aliphatic carbocycles. The van der Waals surface area contributed by atoms with Crippen LogP contribution in [0.2, 0.25) is 0 Å². The molecule has 0 bridgehead atoms. The van der Waals surface area contributed by atoms with Gasteiger partial charge in [-0.2, -0.15) is 0 Å². The van der Waals surface area contributed by atoms with E-state index in [1.807, 2.05) is 0 Å². The first-order chi connectivity index (χ1) is 9.22. The highest BCUT2D eigenvalue weighted by Gasteiger charge is 2.10. The fraction of sp³-hybridized carbons (Fsp3) is 0.143. The van der Waals surface area contributed by atoms with Gasteiger partial charge in [0.05, 0.1) is 14.2 Å². The largest absolute Gasteiger partial charge is 0.497 e. The third kappa shape index (κ3) is 3.22. The van der Waals surface area contributed by atoms with Crippen LogP contribution >= 0.6 is 0 Å². The van der Waals surface area contributed by atoms with Crippen molar-refractivity contribution in [3.63, 3.8) is 0 Å². The van der Waals surface area contributed by atoms with Crippen LogP contribution in [0.15, 0.2) is 42.7 Å². The molecule has 1 aromatic heterocycles. The second-order valence-corrected chi connectivity index (χ2v) is 3.79. The van der Waals surface area contributed by atoms with Gasteiger partial charge in [-0.25, -0.2) is 0 Å². The predicted molar refractivity (Wildman–Crippen MR) is 71.7 cm³/mol. The van der Waals surface area contributed by atoms with Gasteiger partial charge >= 0.3 is 0 Å². The molecule has 0 spiro atoms. The van der Waals surface area contributed by atoms with Crippen molar-refractivity contribution >= 4 is 11.6 Å². The maximum atomic E-state index is 12.1. The SMILES string of the molecule is COc1cc(OC)cc(C(=O)Nc2ccncc2)c1. The Morgan fingerprint density at radius 1 is 1.05 bits per heavy atom. The number of rotatable bonds is 4. The van der Waals surface area contributed by atoms with Gasteiger partial charge in [-0.15, -0.1) is 0 Å². The highest BCUT2D eigenvalue weighted by molar-refractivity contribution is 6.04. The minimum atomic E-state index is -0.233. The summed E-state index contributed by atoms with van der Waals surface area (Å²) in [5.41, 5.74) is 1.15. The van der Waals surface area contributed by atoms with E-state index in [4.69, 9.17) is 9.47 Å². The summed E-state index contributed by atoms with van der Waals surface area (Å²) in [6, 6.07) is 8.45. The fourth-order valence-corrected chi connectivity index (χ4v) is 1.58. The van der Waals surface area contributed by atoms with Crippen LogP contribution in [0.25, 0.3) is 0 Å². The molecule has 1 N–H and O–H groups in total. The summed E-state index contributed by atoms with van der Waals surface area (Å²) in [5, 5.41) is 2.77. The van der Waals surface area contributed by atoms with Gasteiger partial charge in [-0.05, 0) is 24.3 Å². The van der Waals surface area contributed by atoms with E-state index in [2.05, 4.69) is 10.3 Å². The number of hydrogen-bond acceptors (Lipinski definition) is 4. The van der Waals surface area contributed by atoms with E-state index in [9.17, 15) is 4.79 Å². The van der Waals surface area contributed by atoms with Gasteiger partial charge < -0.3 is 14.8 Å².